The average Bonchev–Trinajstić information content (AvgIpc) is 3.14. The van der Waals surface area contributed by atoms with Gasteiger partial charge in [-0.25, -0.2) is 4.98 Å². The number of aliphatic imine (C=N–C) groups is 1. The summed E-state index contributed by atoms with van der Waals surface area (Å²) < 4.78 is 30.7. The van der Waals surface area contributed by atoms with Crippen LogP contribution < -0.4 is 15.4 Å². The van der Waals surface area contributed by atoms with Gasteiger partial charge in [-0.05, 0) is 36.8 Å². The standard InChI is InChI=1S/C21H25F2N5O2/c1-2-24-21(25-11-10-16-14-28-12-4-3-5-19(28)27-16)26-13-18(29)15-6-8-17(9-7-15)30-20(22)23/h3-9,12,14,18,20,29H,2,10-11,13H2,1H3,(H2,24,25,26). The van der Waals surface area contributed by atoms with Gasteiger partial charge in [0.1, 0.15) is 11.4 Å². The van der Waals surface area contributed by atoms with Crippen LogP contribution in [0.2, 0.25) is 0 Å². The molecule has 2 aromatic heterocycles. The van der Waals surface area contributed by atoms with Crippen molar-refractivity contribution in [3.05, 3.63) is 66.1 Å². The maximum atomic E-state index is 12.2. The molecule has 0 aliphatic rings. The molecule has 30 heavy (non-hydrogen) atoms. The number of guanidine groups is 1. The van der Waals surface area contributed by atoms with Gasteiger partial charge in [-0.2, -0.15) is 8.78 Å². The fraction of sp³-hybridized carbons (Fsp3) is 0.333. The van der Waals surface area contributed by atoms with Crippen molar-refractivity contribution in [2.75, 3.05) is 19.6 Å². The van der Waals surface area contributed by atoms with Crippen LogP contribution in [0.1, 0.15) is 24.3 Å². The minimum Gasteiger partial charge on any atom is -0.435 e. The lowest BCUT2D eigenvalue weighted by molar-refractivity contribution is -0.0498. The number of aliphatic hydroxyl groups is 1. The molecule has 0 radical (unpaired) electrons. The number of rotatable bonds is 9. The molecule has 0 fully saturated rings. The number of nitrogens with zero attached hydrogens (tertiary/aromatic N) is 3. The Bertz CT molecular complexity index is 926. The van der Waals surface area contributed by atoms with Crippen molar-refractivity contribution in [2.45, 2.75) is 26.1 Å². The molecule has 160 valence electrons. The number of aromatic nitrogens is 2. The van der Waals surface area contributed by atoms with Crippen molar-refractivity contribution in [2.24, 2.45) is 4.99 Å². The number of aliphatic hydroxyl groups excluding tert-OH is 1. The number of nitrogens with one attached hydrogen (secondary N) is 2. The number of hydrogen-bond donors (Lipinski definition) is 3. The summed E-state index contributed by atoms with van der Waals surface area (Å²) in [7, 11) is 0. The molecule has 1 aromatic carbocycles. The zero-order valence-corrected chi connectivity index (χ0v) is 16.6. The maximum Gasteiger partial charge on any atom is 0.387 e. The minimum absolute atomic E-state index is 0.0476. The number of imidazole rings is 1. The second-order valence-electron chi connectivity index (χ2n) is 6.56. The van der Waals surface area contributed by atoms with E-state index in [1.165, 1.54) is 12.1 Å². The normalized spacial score (nSPS) is 12.9. The highest BCUT2D eigenvalue weighted by atomic mass is 19.3. The molecule has 0 amide bonds. The van der Waals surface area contributed by atoms with Gasteiger partial charge in [-0.15, -0.1) is 0 Å². The van der Waals surface area contributed by atoms with E-state index in [-0.39, 0.29) is 12.3 Å². The molecule has 1 atom stereocenters. The van der Waals surface area contributed by atoms with Crippen LogP contribution in [0.3, 0.4) is 0 Å². The molecule has 7 nitrogen and oxygen atoms in total. The lowest BCUT2D eigenvalue weighted by Gasteiger charge is -2.13. The summed E-state index contributed by atoms with van der Waals surface area (Å²) in [5, 5.41) is 16.7. The van der Waals surface area contributed by atoms with Crippen molar-refractivity contribution in [3.8, 4) is 5.75 Å². The highest BCUT2D eigenvalue weighted by molar-refractivity contribution is 5.79. The number of benzene rings is 1. The van der Waals surface area contributed by atoms with Crippen LogP contribution in [-0.4, -0.2) is 46.7 Å². The SMILES string of the molecule is CCNC(=NCC(O)c1ccc(OC(F)F)cc1)NCCc1cn2ccccc2n1. The van der Waals surface area contributed by atoms with Crippen LogP contribution in [0, 0.1) is 0 Å². The molecule has 0 spiro atoms. The van der Waals surface area contributed by atoms with E-state index in [1.54, 1.807) is 12.1 Å². The van der Waals surface area contributed by atoms with Crippen molar-refractivity contribution in [1.29, 1.82) is 0 Å². The first-order valence-electron chi connectivity index (χ1n) is 9.72. The van der Waals surface area contributed by atoms with Crippen LogP contribution in [0.25, 0.3) is 5.65 Å². The minimum atomic E-state index is -2.88. The van der Waals surface area contributed by atoms with Gasteiger partial charge in [-0.3, -0.25) is 4.99 Å². The fourth-order valence-electron chi connectivity index (χ4n) is 2.91. The van der Waals surface area contributed by atoms with E-state index in [9.17, 15) is 13.9 Å². The summed E-state index contributed by atoms with van der Waals surface area (Å²) in [4.78, 5) is 8.96. The Hall–Kier alpha value is -3.20. The Morgan fingerprint density at radius 1 is 1.20 bits per heavy atom. The fourth-order valence-corrected chi connectivity index (χ4v) is 2.91. The Kier molecular flexibility index (Phi) is 7.56. The molecular formula is C21H25F2N5O2. The Balaban J connectivity index is 1.52. The maximum absolute atomic E-state index is 12.2. The second-order valence-corrected chi connectivity index (χ2v) is 6.56. The second kappa shape index (κ2) is 10.5. The summed E-state index contributed by atoms with van der Waals surface area (Å²) in [6.45, 7) is 0.511. The molecule has 3 aromatic rings. The lowest BCUT2D eigenvalue weighted by Crippen LogP contribution is -2.38. The zero-order valence-electron chi connectivity index (χ0n) is 16.6. The molecule has 9 heteroatoms. The zero-order chi connectivity index (χ0) is 21.3. The van der Waals surface area contributed by atoms with E-state index in [1.807, 2.05) is 41.9 Å². The molecule has 3 N–H and O–H groups in total. The Morgan fingerprint density at radius 3 is 2.70 bits per heavy atom. The van der Waals surface area contributed by atoms with E-state index in [0.717, 1.165) is 17.8 Å². The van der Waals surface area contributed by atoms with Crippen LogP contribution in [0.4, 0.5) is 8.78 Å². The van der Waals surface area contributed by atoms with E-state index in [0.29, 0.717) is 24.6 Å². The topological polar surface area (TPSA) is 83.2 Å². The van der Waals surface area contributed by atoms with Gasteiger partial charge in [0.05, 0.1) is 18.3 Å². The summed E-state index contributed by atoms with van der Waals surface area (Å²) in [5.74, 6) is 0.629. The molecule has 0 saturated heterocycles. The van der Waals surface area contributed by atoms with E-state index in [2.05, 4.69) is 25.3 Å². The van der Waals surface area contributed by atoms with Crippen LogP contribution >= 0.6 is 0 Å². The largest absolute Gasteiger partial charge is 0.435 e. The van der Waals surface area contributed by atoms with Crippen LogP contribution in [0.5, 0.6) is 5.75 Å². The third kappa shape index (κ3) is 6.15. The van der Waals surface area contributed by atoms with Crippen molar-refractivity contribution in [1.82, 2.24) is 20.0 Å². The van der Waals surface area contributed by atoms with E-state index < -0.39 is 12.7 Å². The first-order chi connectivity index (χ1) is 14.5. The molecule has 0 bridgehead atoms. The average molecular weight is 417 g/mol. The Labute approximate surface area is 173 Å². The van der Waals surface area contributed by atoms with Gasteiger partial charge in [0.15, 0.2) is 5.96 Å². The first-order valence-corrected chi connectivity index (χ1v) is 9.72. The van der Waals surface area contributed by atoms with Gasteiger partial charge in [0.2, 0.25) is 0 Å². The number of halogens is 2. The van der Waals surface area contributed by atoms with Gasteiger partial charge >= 0.3 is 6.61 Å². The first kappa shape index (κ1) is 21.5. The van der Waals surface area contributed by atoms with Crippen LogP contribution in [-0.2, 0) is 6.42 Å². The molecular weight excluding hydrogens is 392 g/mol. The summed E-state index contributed by atoms with van der Waals surface area (Å²) in [6, 6.07) is 11.7. The van der Waals surface area contributed by atoms with Crippen molar-refractivity contribution >= 4 is 11.6 Å². The lowest BCUT2D eigenvalue weighted by atomic mass is 10.1. The molecule has 0 aliphatic heterocycles. The summed E-state index contributed by atoms with van der Waals surface area (Å²) >= 11 is 0. The Morgan fingerprint density at radius 2 is 2.00 bits per heavy atom. The smallest absolute Gasteiger partial charge is 0.387 e. The predicted octanol–water partition coefficient (Wildman–Crippen LogP) is 2.77. The molecule has 3 rings (SSSR count). The van der Waals surface area contributed by atoms with Crippen LogP contribution in [0.15, 0.2) is 59.9 Å². The highest BCUT2D eigenvalue weighted by Crippen LogP contribution is 2.19. The number of fused-ring (bicyclic) bond motifs is 1. The summed E-state index contributed by atoms with van der Waals surface area (Å²) in [6.07, 6.45) is 3.81. The highest BCUT2D eigenvalue weighted by Gasteiger charge is 2.10. The van der Waals surface area contributed by atoms with Crippen molar-refractivity contribution in [3.63, 3.8) is 0 Å². The molecule has 0 saturated carbocycles. The molecule has 2 heterocycles. The molecule has 1 unspecified atom stereocenters. The monoisotopic (exact) mass is 417 g/mol. The number of pyridine rings is 1. The predicted molar refractivity (Wildman–Crippen MR) is 111 cm³/mol. The number of alkyl halides is 2. The number of hydrogen-bond acceptors (Lipinski definition) is 4. The van der Waals surface area contributed by atoms with Gasteiger partial charge in [-0.1, -0.05) is 18.2 Å². The molecule has 0 aliphatic carbocycles. The summed E-state index contributed by atoms with van der Waals surface area (Å²) in [5.41, 5.74) is 2.44. The number of ether oxygens (including phenoxy) is 1. The third-order valence-corrected chi connectivity index (χ3v) is 4.34. The third-order valence-electron chi connectivity index (χ3n) is 4.34. The van der Waals surface area contributed by atoms with Gasteiger partial charge in [0.25, 0.3) is 0 Å². The van der Waals surface area contributed by atoms with E-state index >= 15 is 0 Å². The van der Waals surface area contributed by atoms with E-state index in [4.69, 9.17) is 0 Å². The quantitative estimate of drug-likeness (QED) is 0.368. The van der Waals surface area contributed by atoms with Gasteiger partial charge < -0.3 is 24.9 Å². The van der Waals surface area contributed by atoms with Crippen molar-refractivity contribution < 1.29 is 18.6 Å². The van der Waals surface area contributed by atoms with Gasteiger partial charge in [0, 0.05) is 31.9 Å².